The second kappa shape index (κ2) is 5.22. The van der Waals surface area contributed by atoms with Gasteiger partial charge in [0.15, 0.2) is 0 Å². The minimum Gasteiger partial charge on any atom is -0.391 e. The van der Waals surface area contributed by atoms with Crippen molar-refractivity contribution in [2.75, 3.05) is 0 Å². The Hall–Kier alpha value is -1.17. The molecule has 1 aliphatic carbocycles. The lowest BCUT2D eigenvalue weighted by Crippen LogP contribution is -2.43. The van der Waals surface area contributed by atoms with Gasteiger partial charge in [0.1, 0.15) is 0 Å². The zero-order valence-corrected chi connectivity index (χ0v) is 11.0. The van der Waals surface area contributed by atoms with Crippen LogP contribution in [0.1, 0.15) is 18.4 Å². The molecule has 0 heterocycles. The molecule has 0 aromatic heterocycles. The number of aryl methyl sites for hydroxylation is 1. The smallest absolute Gasteiger partial charge is 0.240 e. The summed E-state index contributed by atoms with van der Waals surface area (Å²) in [5.74, 6) is 0. The van der Waals surface area contributed by atoms with Crippen molar-refractivity contribution >= 4 is 10.0 Å². The van der Waals surface area contributed by atoms with Crippen LogP contribution in [-0.2, 0) is 10.0 Å². The molecule has 0 bridgehead atoms. The van der Waals surface area contributed by atoms with Crippen LogP contribution in [0.4, 0.5) is 0 Å². The van der Waals surface area contributed by atoms with E-state index in [0.29, 0.717) is 12.8 Å². The normalized spacial score (nSPS) is 24.1. The quantitative estimate of drug-likeness (QED) is 0.812. The Labute approximate surface area is 107 Å². The van der Waals surface area contributed by atoms with Gasteiger partial charge in [0, 0.05) is 0 Å². The number of hydrogen-bond donors (Lipinski definition) is 2. The van der Waals surface area contributed by atoms with Gasteiger partial charge in [-0.25, -0.2) is 13.1 Å². The first-order chi connectivity index (χ1) is 8.49. The van der Waals surface area contributed by atoms with Crippen molar-refractivity contribution in [2.24, 2.45) is 0 Å². The summed E-state index contributed by atoms with van der Waals surface area (Å²) in [6.07, 6.45) is 4.10. The lowest BCUT2D eigenvalue weighted by molar-refractivity contribution is 0.136. The van der Waals surface area contributed by atoms with Crippen LogP contribution in [0.5, 0.6) is 0 Å². The van der Waals surface area contributed by atoms with Gasteiger partial charge in [0.05, 0.1) is 17.0 Å². The third-order valence-corrected chi connectivity index (χ3v) is 4.54. The first-order valence-corrected chi connectivity index (χ1v) is 7.39. The SMILES string of the molecule is Cc1ccc(S(=O)(=O)N[C@@H]2CC=CC[C@@H]2O)cc1. The van der Waals surface area contributed by atoms with E-state index in [1.165, 1.54) is 0 Å². The minimum absolute atomic E-state index is 0.231. The highest BCUT2D eigenvalue weighted by Crippen LogP contribution is 2.16. The topological polar surface area (TPSA) is 66.4 Å². The Bertz CT molecular complexity index is 534. The maximum Gasteiger partial charge on any atom is 0.240 e. The predicted octanol–water partition coefficient (Wildman–Crippen LogP) is 1.35. The Kier molecular flexibility index (Phi) is 3.85. The highest BCUT2D eigenvalue weighted by Gasteiger charge is 2.25. The van der Waals surface area contributed by atoms with E-state index in [0.717, 1.165) is 5.56 Å². The van der Waals surface area contributed by atoms with Crippen molar-refractivity contribution in [1.29, 1.82) is 0 Å². The van der Waals surface area contributed by atoms with Crippen LogP contribution in [0.3, 0.4) is 0 Å². The number of benzene rings is 1. The molecule has 5 heteroatoms. The minimum atomic E-state index is -3.55. The first-order valence-electron chi connectivity index (χ1n) is 5.91. The molecule has 0 unspecified atom stereocenters. The Morgan fingerprint density at radius 1 is 1.17 bits per heavy atom. The van der Waals surface area contributed by atoms with Crippen LogP contribution in [-0.4, -0.2) is 25.7 Å². The van der Waals surface area contributed by atoms with Crippen molar-refractivity contribution in [3.8, 4) is 0 Å². The van der Waals surface area contributed by atoms with Crippen molar-refractivity contribution in [3.05, 3.63) is 42.0 Å². The molecule has 0 spiro atoms. The molecule has 0 amide bonds. The molecular weight excluding hydrogens is 250 g/mol. The summed E-state index contributed by atoms with van der Waals surface area (Å²) in [6.45, 7) is 1.90. The van der Waals surface area contributed by atoms with E-state index in [-0.39, 0.29) is 4.90 Å². The number of aliphatic hydroxyl groups excluding tert-OH is 1. The fraction of sp³-hybridized carbons (Fsp3) is 0.385. The van der Waals surface area contributed by atoms with Gasteiger partial charge in [-0.2, -0.15) is 0 Å². The number of hydrogen-bond acceptors (Lipinski definition) is 3. The van der Waals surface area contributed by atoms with E-state index in [2.05, 4.69) is 4.72 Å². The molecule has 0 fully saturated rings. The third-order valence-electron chi connectivity index (χ3n) is 3.04. The van der Waals surface area contributed by atoms with Crippen LogP contribution >= 0.6 is 0 Å². The van der Waals surface area contributed by atoms with E-state index in [4.69, 9.17) is 0 Å². The lowest BCUT2D eigenvalue weighted by Gasteiger charge is -2.24. The van der Waals surface area contributed by atoms with Gasteiger partial charge in [0.2, 0.25) is 10.0 Å². The average Bonchev–Trinajstić information content (AvgIpc) is 2.32. The van der Waals surface area contributed by atoms with Crippen LogP contribution in [0.15, 0.2) is 41.3 Å². The van der Waals surface area contributed by atoms with Gasteiger partial charge in [0.25, 0.3) is 0 Å². The number of rotatable bonds is 3. The van der Waals surface area contributed by atoms with E-state index in [9.17, 15) is 13.5 Å². The van der Waals surface area contributed by atoms with E-state index < -0.39 is 22.2 Å². The molecule has 0 aliphatic heterocycles. The van der Waals surface area contributed by atoms with Crippen molar-refractivity contribution < 1.29 is 13.5 Å². The first kappa shape index (κ1) is 13.3. The zero-order chi connectivity index (χ0) is 13.2. The van der Waals surface area contributed by atoms with Crippen LogP contribution < -0.4 is 4.72 Å². The molecule has 2 rings (SSSR count). The van der Waals surface area contributed by atoms with E-state index in [1.54, 1.807) is 24.3 Å². The molecule has 1 aromatic rings. The van der Waals surface area contributed by atoms with E-state index in [1.807, 2.05) is 19.1 Å². The molecule has 18 heavy (non-hydrogen) atoms. The summed E-state index contributed by atoms with van der Waals surface area (Å²) < 4.78 is 26.8. The maximum absolute atomic E-state index is 12.1. The monoisotopic (exact) mass is 267 g/mol. The summed E-state index contributed by atoms with van der Waals surface area (Å²) in [6, 6.07) is 6.21. The summed E-state index contributed by atoms with van der Waals surface area (Å²) in [5, 5.41) is 9.75. The standard InChI is InChI=1S/C13H17NO3S/c1-10-6-8-11(9-7-10)18(16,17)14-12-4-2-3-5-13(12)15/h2-3,6-9,12-15H,4-5H2,1H3/t12-,13+/m1/s1. The van der Waals surface area contributed by atoms with Crippen LogP contribution in [0, 0.1) is 6.92 Å². The van der Waals surface area contributed by atoms with Gasteiger partial charge in [-0.15, -0.1) is 0 Å². The fourth-order valence-corrected chi connectivity index (χ4v) is 3.19. The second-order valence-corrected chi connectivity index (χ2v) is 6.26. The summed E-state index contributed by atoms with van der Waals surface area (Å²) in [4.78, 5) is 0.231. The molecule has 1 aromatic carbocycles. The Morgan fingerprint density at radius 2 is 1.78 bits per heavy atom. The van der Waals surface area contributed by atoms with E-state index >= 15 is 0 Å². The van der Waals surface area contributed by atoms with Gasteiger partial charge < -0.3 is 5.11 Å². The maximum atomic E-state index is 12.1. The molecule has 2 atom stereocenters. The van der Waals surface area contributed by atoms with Crippen molar-refractivity contribution in [3.63, 3.8) is 0 Å². The van der Waals surface area contributed by atoms with Crippen LogP contribution in [0.25, 0.3) is 0 Å². The fourth-order valence-electron chi connectivity index (χ4n) is 1.91. The average molecular weight is 267 g/mol. The molecule has 0 saturated carbocycles. The molecule has 1 aliphatic rings. The summed E-state index contributed by atoms with van der Waals surface area (Å²) >= 11 is 0. The lowest BCUT2D eigenvalue weighted by atomic mass is 10.00. The van der Waals surface area contributed by atoms with Gasteiger partial charge in [-0.05, 0) is 31.9 Å². The number of nitrogens with one attached hydrogen (secondary N) is 1. The van der Waals surface area contributed by atoms with Gasteiger partial charge in [-0.1, -0.05) is 29.8 Å². The van der Waals surface area contributed by atoms with Crippen molar-refractivity contribution in [2.45, 2.75) is 36.8 Å². The van der Waals surface area contributed by atoms with Crippen molar-refractivity contribution in [1.82, 2.24) is 4.72 Å². The molecule has 98 valence electrons. The largest absolute Gasteiger partial charge is 0.391 e. The Balaban J connectivity index is 2.16. The zero-order valence-electron chi connectivity index (χ0n) is 10.2. The summed E-state index contributed by atoms with van der Waals surface area (Å²) in [7, 11) is -3.55. The molecule has 4 nitrogen and oxygen atoms in total. The number of aliphatic hydroxyl groups is 1. The second-order valence-electron chi connectivity index (χ2n) is 4.55. The van der Waals surface area contributed by atoms with Gasteiger partial charge in [-0.3, -0.25) is 0 Å². The molecule has 0 radical (unpaired) electrons. The number of sulfonamides is 1. The predicted molar refractivity (Wildman–Crippen MR) is 69.7 cm³/mol. The highest BCUT2D eigenvalue weighted by atomic mass is 32.2. The third kappa shape index (κ3) is 2.98. The molecule has 2 N–H and O–H groups in total. The highest BCUT2D eigenvalue weighted by molar-refractivity contribution is 7.89. The van der Waals surface area contributed by atoms with Crippen LogP contribution in [0.2, 0.25) is 0 Å². The molecular formula is C13H17NO3S. The van der Waals surface area contributed by atoms with Gasteiger partial charge >= 0.3 is 0 Å². The Morgan fingerprint density at radius 3 is 2.39 bits per heavy atom. The summed E-state index contributed by atoms with van der Waals surface area (Å²) in [5.41, 5.74) is 1.01. The molecule has 0 saturated heterocycles.